The summed E-state index contributed by atoms with van der Waals surface area (Å²) in [5, 5.41) is 15.1. The van der Waals surface area contributed by atoms with Crippen LogP contribution in [0.2, 0.25) is 0 Å². The van der Waals surface area contributed by atoms with E-state index in [0.717, 1.165) is 11.3 Å². The molecular weight excluding hydrogens is 332 g/mol. The summed E-state index contributed by atoms with van der Waals surface area (Å²) in [5.41, 5.74) is 1.22. The van der Waals surface area contributed by atoms with Crippen LogP contribution in [-0.4, -0.2) is 67.9 Å². The van der Waals surface area contributed by atoms with E-state index in [1.54, 1.807) is 30.4 Å². The van der Waals surface area contributed by atoms with Crippen molar-refractivity contribution in [1.82, 2.24) is 24.6 Å². The maximum absolute atomic E-state index is 12.5. The number of hydrogen-bond donors (Lipinski definition) is 1. The molecule has 1 fully saturated rings. The number of carbonyl (C=O) groups is 1. The molecule has 1 saturated heterocycles. The molecule has 1 aliphatic heterocycles. The Balaban J connectivity index is 1.53. The highest BCUT2D eigenvalue weighted by Gasteiger charge is 2.38. The molecule has 0 saturated carbocycles. The average molecular weight is 358 g/mol. The lowest BCUT2D eigenvalue weighted by atomic mass is 10.0. The molecule has 0 bridgehead atoms. The molecule has 8 nitrogen and oxygen atoms in total. The molecule has 0 spiro atoms. The summed E-state index contributed by atoms with van der Waals surface area (Å²) in [5.74, 6) is 0.639. The predicted molar refractivity (Wildman–Crippen MR) is 97.7 cm³/mol. The van der Waals surface area contributed by atoms with E-state index in [1.165, 1.54) is 0 Å². The molecule has 1 N–H and O–H groups in total. The molecular formula is C18H26N6O2. The van der Waals surface area contributed by atoms with Gasteiger partial charge >= 0.3 is 0 Å². The lowest BCUT2D eigenvalue weighted by Gasteiger charge is -2.29. The van der Waals surface area contributed by atoms with E-state index in [9.17, 15) is 9.90 Å². The number of carbonyl (C=O) groups excluding carboxylic acids is 1. The third-order valence-electron chi connectivity index (χ3n) is 5.07. The van der Waals surface area contributed by atoms with Crippen molar-refractivity contribution in [3.63, 3.8) is 0 Å². The summed E-state index contributed by atoms with van der Waals surface area (Å²) in [7, 11) is 3.64. The fourth-order valence-electron chi connectivity index (χ4n) is 3.36. The van der Waals surface area contributed by atoms with Gasteiger partial charge in [0.25, 0.3) is 0 Å². The highest BCUT2D eigenvalue weighted by atomic mass is 16.3. The first-order valence-electron chi connectivity index (χ1n) is 8.84. The van der Waals surface area contributed by atoms with Crippen LogP contribution in [0.4, 0.5) is 5.95 Å². The number of rotatable bonds is 6. The molecule has 1 aliphatic rings. The van der Waals surface area contributed by atoms with E-state index in [1.807, 2.05) is 29.7 Å². The number of hydrogen-bond acceptors (Lipinski definition) is 6. The first kappa shape index (κ1) is 18.3. The van der Waals surface area contributed by atoms with Crippen LogP contribution in [0.5, 0.6) is 0 Å². The van der Waals surface area contributed by atoms with Gasteiger partial charge in [0.15, 0.2) is 0 Å². The first-order chi connectivity index (χ1) is 12.4. The molecule has 0 aliphatic carbocycles. The zero-order chi connectivity index (χ0) is 18.7. The molecule has 140 valence electrons. The molecule has 3 heterocycles. The topological polar surface area (TPSA) is 87.4 Å². The van der Waals surface area contributed by atoms with E-state index >= 15 is 0 Å². The van der Waals surface area contributed by atoms with Gasteiger partial charge < -0.3 is 14.9 Å². The van der Waals surface area contributed by atoms with Gasteiger partial charge in [-0.2, -0.15) is 5.10 Å². The van der Waals surface area contributed by atoms with Gasteiger partial charge in [-0.05, 0) is 31.4 Å². The summed E-state index contributed by atoms with van der Waals surface area (Å²) in [4.78, 5) is 24.5. The van der Waals surface area contributed by atoms with Crippen LogP contribution in [-0.2, 0) is 18.3 Å². The first-order valence-corrected chi connectivity index (χ1v) is 8.84. The van der Waals surface area contributed by atoms with Crippen LogP contribution in [0, 0.1) is 6.92 Å². The summed E-state index contributed by atoms with van der Waals surface area (Å²) in [6.45, 7) is 3.41. The van der Waals surface area contributed by atoms with Crippen LogP contribution in [0.15, 0.2) is 24.7 Å². The zero-order valence-electron chi connectivity index (χ0n) is 15.6. The van der Waals surface area contributed by atoms with Crippen molar-refractivity contribution < 1.29 is 9.90 Å². The molecule has 26 heavy (non-hydrogen) atoms. The summed E-state index contributed by atoms with van der Waals surface area (Å²) in [6, 6.07) is 1.77. The van der Waals surface area contributed by atoms with Gasteiger partial charge in [-0.25, -0.2) is 9.97 Å². The summed E-state index contributed by atoms with van der Waals surface area (Å²) >= 11 is 0. The van der Waals surface area contributed by atoms with Crippen LogP contribution in [0.25, 0.3) is 0 Å². The Morgan fingerprint density at radius 1 is 1.38 bits per heavy atom. The lowest BCUT2D eigenvalue weighted by Crippen LogP contribution is -2.46. The molecule has 2 aromatic heterocycles. The Hall–Kier alpha value is -2.48. The number of anilines is 1. The van der Waals surface area contributed by atoms with Gasteiger partial charge in [-0.1, -0.05) is 0 Å². The third kappa shape index (κ3) is 4.01. The van der Waals surface area contributed by atoms with Crippen LogP contribution >= 0.6 is 0 Å². The molecule has 3 rings (SSSR count). The smallest absolute Gasteiger partial charge is 0.225 e. The number of aromatic nitrogens is 4. The second-order valence-corrected chi connectivity index (χ2v) is 7.07. The molecule has 1 amide bonds. The Bertz CT molecular complexity index is 762. The number of likely N-dealkylation sites (N-methyl/N-ethyl adjacent to an activating group) is 1. The lowest BCUT2D eigenvalue weighted by molar-refractivity contribution is -0.132. The Labute approximate surface area is 153 Å². The fraction of sp³-hybridized carbons (Fsp3) is 0.556. The molecule has 1 atom stereocenters. The summed E-state index contributed by atoms with van der Waals surface area (Å²) in [6.07, 6.45) is 6.84. The van der Waals surface area contributed by atoms with Crippen LogP contribution in [0.1, 0.15) is 24.1 Å². The largest absolute Gasteiger partial charge is 0.386 e. The van der Waals surface area contributed by atoms with E-state index in [4.69, 9.17) is 0 Å². The third-order valence-corrected chi connectivity index (χ3v) is 5.07. The number of nitrogens with zero attached hydrogens (tertiary/aromatic N) is 6. The van der Waals surface area contributed by atoms with E-state index in [2.05, 4.69) is 15.1 Å². The van der Waals surface area contributed by atoms with Gasteiger partial charge in [0.2, 0.25) is 11.9 Å². The molecule has 2 aromatic rings. The number of aliphatic hydroxyl groups is 1. The van der Waals surface area contributed by atoms with Crippen molar-refractivity contribution in [3.8, 4) is 0 Å². The van der Waals surface area contributed by atoms with Crippen molar-refractivity contribution in [2.45, 2.75) is 31.8 Å². The maximum atomic E-state index is 12.5. The minimum atomic E-state index is -0.937. The summed E-state index contributed by atoms with van der Waals surface area (Å²) < 4.78 is 1.81. The van der Waals surface area contributed by atoms with Gasteiger partial charge in [-0.3, -0.25) is 9.48 Å². The second kappa shape index (κ2) is 7.41. The van der Waals surface area contributed by atoms with Crippen molar-refractivity contribution in [1.29, 1.82) is 0 Å². The Morgan fingerprint density at radius 3 is 2.77 bits per heavy atom. The molecule has 0 radical (unpaired) electrons. The van der Waals surface area contributed by atoms with Crippen LogP contribution < -0.4 is 4.90 Å². The fourth-order valence-corrected chi connectivity index (χ4v) is 3.36. The van der Waals surface area contributed by atoms with Crippen molar-refractivity contribution in [2.24, 2.45) is 7.05 Å². The van der Waals surface area contributed by atoms with Crippen LogP contribution in [0.3, 0.4) is 0 Å². The minimum Gasteiger partial charge on any atom is -0.386 e. The maximum Gasteiger partial charge on any atom is 0.225 e. The van der Waals surface area contributed by atoms with Crippen molar-refractivity contribution in [3.05, 3.63) is 35.9 Å². The van der Waals surface area contributed by atoms with E-state index in [-0.39, 0.29) is 5.91 Å². The van der Waals surface area contributed by atoms with E-state index in [0.29, 0.717) is 44.8 Å². The SMILES string of the molecule is Cc1c(CCC(=O)N(C)C[C@@]2(O)CCN(c3ncccn3)C2)cnn1C. The monoisotopic (exact) mass is 358 g/mol. The number of β-amino-alcohol motifs (C(OH)–C–C–N with tert-alkyl or cyclic N) is 1. The number of amides is 1. The predicted octanol–water partition coefficient (Wildman–Crippen LogP) is 0.551. The van der Waals surface area contributed by atoms with Gasteiger partial charge in [0.05, 0.1) is 19.3 Å². The van der Waals surface area contributed by atoms with Gasteiger partial charge in [0, 0.05) is 45.1 Å². The minimum absolute atomic E-state index is 0.0242. The average Bonchev–Trinajstić information content (AvgIpc) is 3.17. The highest BCUT2D eigenvalue weighted by molar-refractivity contribution is 5.76. The normalized spacial score (nSPS) is 19.8. The molecule has 0 unspecified atom stereocenters. The second-order valence-electron chi connectivity index (χ2n) is 7.07. The quantitative estimate of drug-likeness (QED) is 0.811. The Morgan fingerprint density at radius 2 is 2.12 bits per heavy atom. The Kier molecular flexibility index (Phi) is 5.22. The highest BCUT2D eigenvalue weighted by Crippen LogP contribution is 2.25. The van der Waals surface area contributed by atoms with Crippen molar-refractivity contribution in [2.75, 3.05) is 31.6 Å². The van der Waals surface area contributed by atoms with E-state index < -0.39 is 5.60 Å². The number of aryl methyl sites for hydroxylation is 2. The standard InChI is InChI=1S/C18H26N6O2/c1-14-15(11-21-23(14)3)5-6-16(25)22(2)12-18(26)7-10-24(13-18)17-19-8-4-9-20-17/h4,8-9,11,26H,5-7,10,12-13H2,1-3H3/t18-/m0/s1. The van der Waals surface area contributed by atoms with Crippen molar-refractivity contribution >= 4 is 11.9 Å². The zero-order valence-corrected chi connectivity index (χ0v) is 15.6. The molecule has 0 aromatic carbocycles. The van der Waals surface area contributed by atoms with Gasteiger partial charge in [-0.15, -0.1) is 0 Å². The molecule has 8 heteroatoms. The van der Waals surface area contributed by atoms with Gasteiger partial charge in [0.1, 0.15) is 5.60 Å².